The van der Waals surface area contributed by atoms with Crippen LogP contribution in [0.25, 0.3) is 0 Å². The van der Waals surface area contributed by atoms with Gasteiger partial charge in [-0.3, -0.25) is 4.79 Å². The quantitative estimate of drug-likeness (QED) is 0.668. The van der Waals surface area contributed by atoms with Crippen LogP contribution in [0.15, 0.2) is 47.6 Å². The standard InChI is InChI=1S/C18H19ClN2O2/c1-12-4-9-17(13(2)10-12)14(3)20-21-18(22)11-23-16-7-5-15(19)6-8-16/h4-10H,11H2,1-3H3,(H,21,22)/b20-14+. The topological polar surface area (TPSA) is 50.7 Å². The molecule has 0 unspecified atom stereocenters. The molecule has 23 heavy (non-hydrogen) atoms. The summed E-state index contributed by atoms with van der Waals surface area (Å²) in [6.45, 7) is 5.81. The molecule has 0 heterocycles. The van der Waals surface area contributed by atoms with Gasteiger partial charge >= 0.3 is 0 Å². The van der Waals surface area contributed by atoms with E-state index in [0.29, 0.717) is 10.8 Å². The second-order valence-corrected chi connectivity index (χ2v) is 5.73. The van der Waals surface area contributed by atoms with Gasteiger partial charge < -0.3 is 4.74 Å². The van der Waals surface area contributed by atoms with Gasteiger partial charge in [0, 0.05) is 10.6 Å². The van der Waals surface area contributed by atoms with Crippen LogP contribution < -0.4 is 10.2 Å². The third-order valence-electron chi connectivity index (χ3n) is 3.30. The summed E-state index contributed by atoms with van der Waals surface area (Å²) in [7, 11) is 0. The predicted molar refractivity (Wildman–Crippen MR) is 93.2 cm³/mol. The Balaban J connectivity index is 1.90. The Bertz CT molecular complexity index is 724. The molecule has 0 radical (unpaired) electrons. The van der Waals surface area contributed by atoms with Crippen molar-refractivity contribution in [3.63, 3.8) is 0 Å². The fourth-order valence-electron chi connectivity index (χ4n) is 2.14. The first kappa shape index (κ1) is 17.0. The number of hydrogen-bond acceptors (Lipinski definition) is 3. The molecular formula is C18H19ClN2O2. The Labute approximate surface area is 141 Å². The van der Waals surface area contributed by atoms with Crippen molar-refractivity contribution in [3.05, 3.63) is 64.2 Å². The van der Waals surface area contributed by atoms with Gasteiger partial charge in [-0.1, -0.05) is 35.4 Å². The maximum atomic E-state index is 11.8. The molecule has 4 nitrogen and oxygen atoms in total. The second kappa shape index (κ2) is 7.79. The molecule has 0 spiro atoms. The SMILES string of the molecule is C/C(=N\NC(=O)COc1ccc(Cl)cc1)c1ccc(C)cc1C. The van der Waals surface area contributed by atoms with Crippen LogP contribution in [0.2, 0.25) is 5.02 Å². The van der Waals surface area contributed by atoms with Crippen molar-refractivity contribution in [1.82, 2.24) is 5.43 Å². The number of nitrogens with zero attached hydrogens (tertiary/aromatic N) is 1. The Hall–Kier alpha value is -2.33. The van der Waals surface area contributed by atoms with Gasteiger partial charge in [0.1, 0.15) is 5.75 Å². The van der Waals surface area contributed by atoms with E-state index in [-0.39, 0.29) is 12.5 Å². The van der Waals surface area contributed by atoms with Crippen LogP contribution in [0.1, 0.15) is 23.6 Å². The Morgan fingerprint density at radius 3 is 2.52 bits per heavy atom. The van der Waals surface area contributed by atoms with Gasteiger partial charge in [0.25, 0.3) is 5.91 Å². The van der Waals surface area contributed by atoms with Crippen molar-refractivity contribution in [2.75, 3.05) is 6.61 Å². The molecule has 0 fully saturated rings. The lowest BCUT2D eigenvalue weighted by Gasteiger charge is -2.08. The van der Waals surface area contributed by atoms with Crippen LogP contribution in [0.5, 0.6) is 5.75 Å². The van der Waals surface area contributed by atoms with Crippen LogP contribution in [-0.2, 0) is 4.79 Å². The highest BCUT2D eigenvalue weighted by Crippen LogP contribution is 2.15. The van der Waals surface area contributed by atoms with E-state index in [1.165, 1.54) is 5.56 Å². The first-order chi connectivity index (χ1) is 11.0. The number of rotatable bonds is 5. The second-order valence-electron chi connectivity index (χ2n) is 5.29. The Kier molecular flexibility index (Phi) is 5.77. The molecule has 5 heteroatoms. The number of carbonyl (C=O) groups is 1. The number of aryl methyl sites for hydroxylation is 2. The highest BCUT2D eigenvalue weighted by Gasteiger charge is 2.05. The van der Waals surface area contributed by atoms with Gasteiger partial charge in [0.15, 0.2) is 6.61 Å². The Morgan fingerprint density at radius 2 is 1.87 bits per heavy atom. The minimum atomic E-state index is -0.316. The molecular weight excluding hydrogens is 312 g/mol. The average molecular weight is 331 g/mol. The summed E-state index contributed by atoms with van der Waals surface area (Å²) in [5, 5.41) is 4.75. The van der Waals surface area contributed by atoms with Gasteiger partial charge in [-0.25, -0.2) is 5.43 Å². The third kappa shape index (κ3) is 5.11. The largest absolute Gasteiger partial charge is 0.484 e. The van der Waals surface area contributed by atoms with Crippen molar-refractivity contribution in [3.8, 4) is 5.75 Å². The zero-order valence-corrected chi connectivity index (χ0v) is 14.1. The van der Waals surface area contributed by atoms with Crippen LogP contribution >= 0.6 is 11.6 Å². The molecule has 2 rings (SSSR count). The lowest BCUT2D eigenvalue weighted by molar-refractivity contribution is -0.123. The zero-order valence-electron chi connectivity index (χ0n) is 13.4. The van der Waals surface area contributed by atoms with Crippen LogP contribution in [0.3, 0.4) is 0 Å². The molecule has 2 aromatic carbocycles. The zero-order chi connectivity index (χ0) is 16.8. The van der Waals surface area contributed by atoms with Crippen molar-refractivity contribution in [2.45, 2.75) is 20.8 Å². The molecule has 120 valence electrons. The maximum absolute atomic E-state index is 11.8. The summed E-state index contributed by atoms with van der Waals surface area (Å²) in [6.07, 6.45) is 0. The van der Waals surface area contributed by atoms with Gasteiger partial charge in [-0.05, 0) is 50.6 Å². The minimum absolute atomic E-state index is 0.106. The predicted octanol–water partition coefficient (Wildman–Crippen LogP) is 3.88. The number of benzene rings is 2. The van der Waals surface area contributed by atoms with E-state index in [4.69, 9.17) is 16.3 Å². The summed E-state index contributed by atoms with van der Waals surface area (Å²) in [5.74, 6) is 0.267. The minimum Gasteiger partial charge on any atom is -0.484 e. The molecule has 0 aromatic heterocycles. The van der Waals surface area contributed by atoms with Crippen LogP contribution in [0, 0.1) is 13.8 Å². The summed E-state index contributed by atoms with van der Waals surface area (Å²) >= 11 is 5.79. The molecule has 1 amide bonds. The summed E-state index contributed by atoms with van der Waals surface area (Å²) < 4.78 is 5.36. The van der Waals surface area contributed by atoms with Gasteiger partial charge in [0.2, 0.25) is 0 Å². The number of hydrazone groups is 1. The molecule has 0 aliphatic carbocycles. The van der Waals surface area contributed by atoms with E-state index in [1.54, 1.807) is 24.3 Å². The molecule has 1 N–H and O–H groups in total. The molecule has 2 aromatic rings. The van der Waals surface area contributed by atoms with Gasteiger partial charge in [-0.15, -0.1) is 0 Å². The number of halogens is 1. The number of nitrogens with one attached hydrogen (secondary N) is 1. The third-order valence-corrected chi connectivity index (χ3v) is 3.56. The maximum Gasteiger partial charge on any atom is 0.277 e. The van der Waals surface area contributed by atoms with Crippen molar-refractivity contribution in [1.29, 1.82) is 0 Å². The van der Waals surface area contributed by atoms with Gasteiger partial charge in [-0.2, -0.15) is 5.10 Å². The van der Waals surface area contributed by atoms with E-state index >= 15 is 0 Å². The molecule has 0 aliphatic rings. The molecule has 0 aliphatic heterocycles. The van der Waals surface area contributed by atoms with Crippen LogP contribution in [-0.4, -0.2) is 18.2 Å². The summed E-state index contributed by atoms with van der Waals surface area (Å²) in [5.41, 5.74) is 6.58. The van der Waals surface area contributed by atoms with E-state index in [9.17, 15) is 4.79 Å². The first-order valence-corrected chi connectivity index (χ1v) is 7.62. The lowest BCUT2D eigenvalue weighted by atomic mass is 10.0. The molecule has 0 bridgehead atoms. The van der Waals surface area contributed by atoms with E-state index in [0.717, 1.165) is 16.8 Å². The molecule has 0 saturated carbocycles. The lowest BCUT2D eigenvalue weighted by Crippen LogP contribution is -2.25. The van der Waals surface area contributed by atoms with E-state index in [1.807, 2.05) is 32.9 Å². The molecule has 0 saturated heterocycles. The van der Waals surface area contributed by atoms with E-state index < -0.39 is 0 Å². The van der Waals surface area contributed by atoms with Crippen molar-refractivity contribution >= 4 is 23.2 Å². The fourth-order valence-corrected chi connectivity index (χ4v) is 2.26. The monoisotopic (exact) mass is 330 g/mol. The highest BCUT2D eigenvalue weighted by molar-refractivity contribution is 6.30. The van der Waals surface area contributed by atoms with Crippen molar-refractivity contribution < 1.29 is 9.53 Å². The normalized spacial score (nSPS) is 11.2. The van der Waals surface area contributed by atoms with Crippen molar-refractivity contribution in [2.24, 2.45) is 5.10 Å². The first-order valence-electron chi connectivity index (χ1n) is 7.25. The highest BCUT2D eigenvalue weighted by atomic mass is 35.5. The number of carbonyl (C=O) groups excluding carboxylic acids is 1. The fraction of sp³-hybridized carbons (Fsp3) is 0.222. The van der Waals surface area contributed by atoms with Crippen LogP contribution in [0.4, 0.5) is 0 Å². The number of amides is 1. The van der Waals surface area contributed by atoms with E-state index in [2.05, 4.69) is 16.6 Å². The smallest absolute Gasteiger partial charge is 0.277 e. The number of ether oxygens (including phenoxy) is 1. The number of hydrogen-bond donors (Lipinski definition) is 1. The summed E-state index contributed by atoms with van der Waals surface area (Å²) in [4.78, 5) is 11.8. The summed E-state index contributed by atoms with van der Waals surface area (Å²) in [6, 6.07) is 12.9. The Morgan fingerprint density at radius 1 is 1.17 bits per heavy atom. The average Bonchev–Trinajstić information content (AvgIpc) is 2.52. The molecule has 0 atom stereocenters. The van der Waals surface area contributed by atoms with Gasteiger partial charge in [0.05, 0.1) is 5.71 Å².